The molecule has 1 unspecified atom stereocenters. The number of nitrogens with zero attached hydrogens (tertiary/aromatic N) is 2. The van der Waals surface area contributed by atoms with Gasteiger partial charge in [-0.2, -0.15) is 0 Å². The second-order valence-electron chi connectivity index (χ2n) is 5.85. The van der Waals surface area contributed by atoms with Crippen molar-refractivity contribution >= 4 is 11.6 Å². The Morgan fingerprint density at radius 3 is 2.39 bits per heavy atom. The topological polar surface area (TPSA) is 49.8 Å². The second-order valence-corrected chi connectivity index (χ2v) is 5.85. The third kappa shape index (κ3) is 3.86. The van der Waals surface area contributed by atoms with E-state index in [-0.39, 0.29) is 5.41 Å². The lowest BCUT2D eigenvalue weighted by Gasteiger charge is -2.29. The van der Waals surface area contributed by atoms with Gasteiger partial charge in [-0.25, -0.2) is 9.97 Å². The molecule has 0 aliphatic heterocycles. The molecule has 0 aliphatic rings. The molecule has 0 bridgehead atoms. The van der Waals surface area contributed by atoms with Crippen LogP contribution in [0.25, 0.3) is 0 Å². The van der Waals surface area contributed by atoms with E-state index < -0.39 is 0 Å². The summed E-state index contributed by atoms with van der Waals surface area (Å²) >= 11 is 0. The summed E-state index contributed by atoms with van der Waals surface area (Å²) in [6, 6.07) is 0.352. The molecule has 0 aromatic carbocycles. The highest BCUT2D eigenvalue weighted by molar-refractivity contribution is 5.56. The van der Waals surface area contributed by atoms with E-state index in [0.717, 1.165) is 30.2 Å². The summed E-state index contributed by atoms with van der Waals surface area (Å²) in [5, 5.41) is 6.80. The van der Waals surface area contributed by atoms with Crippen molar-refractivity contribution in [2.24, 2.45) is 5.41 Å². The maximum absolute atomic E-state index is 4.34. The van der Waals surface area contributed by atoms with Crippen molar-refractivity contribution in [3.05, 3.63) is 11.9 Å². The Morgan fingerprint density at radius 2 is 1.83 bits per heavy atom. The molecule has 1 rings (SSSR count). The highest BCUT2D eigenvalue weighted by atomic mass is 15.1. The van der Waals surface area contributed by atoms with Gasteiger partial charge in [0.2, 0.25) is 0 Å². The normalized spacial score (nSPS) is 13.2. The summed E-state index contributed by atoms with van der Waals surface area (Å²) in [6.45, 7) is 14.0. The minimum absolute atomic E-state index is 0.203. The summed E-state index contributed by atoms with van der Waals surface area (Å²) in [6.07, 6.45) is 2.70. The highest BCUT2D eigenvalue weighted by Crippen LogP contribution is 2.25. The van der Waals surface area contributed by atoms with Crippen LogP contribution in [0.15, 0.2) is 6.33 Å². The van der Waals surface area contributed by atoms with E-state index in [4.69, 9.17) is 0 Å². The first-order valence-electron chi connectivity index (χ1n) is 6.68. The van der Waals surface area contributed by atoms with Crippen LogP contribution in [0.2, 0.25) is 0 Å². The van der Waals surface area contributed by atoms with E-state index in [9.17, 15) is 0 Å². The van der Waals surface area contributed by atoms with Gasteiger partial charge in [0.1, 0.15) is 18.0 Å². The molecule has 1 heterocycles. The Morgan fingerprint density at radius 1 is 1.22 bits per heavy atom. The molecular formula is C14H26N4. The maximum atomic E-state index is 4.34. The molecule has 2 N–H and O–H groups in total. The van der Waals surface area contributed by atoms with Gasteiger partial charge in [0.05, 0.1) is 0 Å². The zero-order chi connectivity index (χ0) is 13.8. The van der Waals surface area contributed by atoms with Gasteiger partial charge in [0.25, 0.3) is 0 Å². The molecule has 18 heavy (non-hydrogen) atoms. The first-order valence-corrected chi connectivity index (χ1v) is 6.68. The Bertz CT molecular complexity index is 382. The smallest absolute Gasteiger partial charge is 0.134 e. The Labute approximate surface area is 111 Å². The molecule has 102 valence electrons. The number of rotatable bonds is 5. The molecule has 0 saturated heterocycles. The molecule has 0 aliphatic carbocycles. The van der Waals surface area contributed by atoms with Gasteiger partial charge in [-0.1, -0.05) is 27.7 Å². The summed E-state index contributed by atoms with van der Waals surface area (Å²) < 4.78 is 0. The molecule has 4 nitrogen and oxygen atoms in total. The fraction of sp³-hybridized carbons (Fsp3) is 0.714. The first-order chi connectivity index (χ1) is 8.36. The summed E-state index contributed by atoms with van der Waals surface area (Å²) in [7, 11) is 0. The van der Waals surface area contributed by atoms with Crippen molar-refractivity contribution in [1.82, 2.24) is 9.97 Å². The van der Waals surface area contributed by atoms with Crippen molar-refractivity contribution in [2.45, 2.75) is 54.0 Å². The summed E-state index contributed by atoms with van der Waals surface area (Å²) in [5.74, 6) is 1.85. The van der Waals surface area contributed by atoms with Crippen molar-refractivity contribution in [1.29, 1.82) is 0 Å². The van der Waals surface area contributed by atoms with E-state index in [2.05, 4.69) is 62.1 Å². The zero-order valence-corrected chi connectivity index (χ0v) is 12.5. The fourth-order valence-electron chi connectivity index (χ4n) is 1.44. The van der Waals surface area contributed by atoms with Gasteiger partial charge < -0.3 is 10.6 Å². The van der Waals surface area contributed by atoms with Gasteiger partial charge in [-0.05, 0) is 25.7 Å². The van der Waals surface area contributed by atoms with Crippen molar-refractivity contribution in [3.63, 3.8) is 0 Å². The van der Waals surface area contributed by atoms with Crippen LogP contribution in [0.1, 0.15) is 46.6 Å². The van der Waals surface area contributed by atoms with Gasteiger partial charge >= 0.3 is 0 Å². The van der Waals surface area contributed by atoms with E-state index in [1.807, 2.05) is 0 Å². The van der Waals surface area contributed by atoms with Crippen LogP contribution in [-0.2, 0) is 0 Å². The van der Waals surface area contributed by atoms with Crippen molar-refractivity contribution < 1.29 is 0 Å². The third-order valence-electron chi connectivity index (χ3n) is 3.28. The lowest BCUT2D eigenvalue weighted by atomic mass is 9.88. The van der Waals surface area contributed by atoms with Gasteiger partial charge in [0, 0.05) is 18.2 Å². The average molecular weight is 250 g/mol. The van der Waals surface area contributed by atoms with E-state index in [1.54, 1.807) is 6.33 Å². The van der Waals surface area contributed by atoms with Crippen LogP contribution >= 0.6 is 0 Å². The average Bonchev–Trinajstić information content (AvgIpc) is 2.29. The quantitative estimate of drug-likeness (QED) is 0.840. The van der Waals surface area contributed by atoms with Crippen LogP contribution < -0.4 is 10.6 Å². The molecule has 0 spiro atoms. The SMILES string of the molecule is CCCNc1ncnc(NC(C)C(C)(C)C)c1C. The highest BCUT2D eigenvalue weighted by Gasteiger charge is 2.21. The lowest BCUT2D eigenvalue weighted by molar-refractivity contribution is 0.358. The molecule has 0 radical (unpaired) electrons. The van der Waals surface area contributed by atoms with Crippen molar-refractivity contribution in [2.75, 3.05) is 17.2 Å². The van der Waals surface area contributed by atoms with Crippen LogP contribution in [0.4, 0.5) is 11.6 Å². The monoisotopic (exact) mass is 250 g/mol. The maximum Gasteiger partial charge on any atom is 0.134 e. The molecule has 1 atom stereocenters. The van der Waals surface area contributed by atoms with Gasteiger partial charge in [-0.15, -0.1) is 0 Å². The Hall–Kier alpha value is -1.32. The molecule has 1 aromatic rings. The number of hydrogen-bond acceptors (Lipinski definition) is 4. The standard InChI is InChI=1S/C14H26N4/c1-7-8-15-12-10(2)13(17-9-16-12)18-11(3)14(4,5)6/h9,11H,7-8H2,1-6H3,(H2,15,16,17,18). The van der Waals surface area contributed by atoms with E-state index >= 15 is 0 Å². The third-order valence-corrected chi connectivity index (χ3v) is 3.28. The summed E-state index contributed by atoms with van der Waals surface area (Å²) in [4.78, 5) is 8.62. The van der Waals surface area contributed by atoms with Gasteiger partial charge in [0.15, 0.2) is 0 Å². The summed E-state index contributed by atoms with van der Waals surface area (Å²) in [5.41, 5.74) is 1.29. The number of hydrogen-bond donors (Lipinski definition) is 2. The number of aromatic nitrogens is 2. The van der Waals surface area contributed by atoms with Crippen molar-refractivity contribution in [3.8, 4) is 0 Å². The predicted octanol–water partition coefficient (Wildman–Crippen LogP) is 3.45. The largest absolute Gasteiger partial charge is 0.370 e. The van der Waals surface area contributed by atoms with Crippen LogP contribution in [-0.4, -0.2) is 22.6 Å². The number of nitrogens with one attached hydrogen (secondary N) is 2. The van der Waals surface area contributed by atoms with Crippen LogP contribution in [0.3, 0.4) is 0 Å². The zero-order valence-electron chi connectivity index (χ0n) is 12.5. The van der Waals surface area contributed by atoms with Gasteiger partial charge in [-0.3, -0.25) is 0 Å². The Kier molecular flexibility index (Phi) is 4.93. The lowest BCUT2D eigenvalue weighted by Crippen LogP contribution is -2.31. The molecule has 0 fully saturated rings. The molecule has 0 saturated carbocycles. The van der Waals surface area contributed by atoms with E-state index in [0.29, 0.717) is 6.04 Å². The van der Waals surface area contributed by atoms with Crippen LogP contribution in [0, 0.1) is 12.3 Å². The molecule has 4 heteroatoms. The first kappa shape index (κ1) is 14.7. The van der Waals surface area contributed by atoms with E-state index in [1.165, 1.54) is 0 Å². The minimum atomic E-state index is 0.203. The minimum Gasteiger partial charge on any atom is -0.370 e. The predicted molar refractivity (Wildman–Crippen MR) is 78.1 cm³/mol. The van der Waals surface area contributed by atoms with Crippen LogP contribution in [0.5, 0.6) is 0 Å². The number of anilines is 2. The second kappa shape index (κ2) is 6.03. The Balaban J connectivity index is 2.84. The molecule has 1 aromatic heterocycles. The molecule has 0 amide bonds. The molecular weight excluding hydrogens is 224 g/mol. The fourth-order valence-corrected chi connectivity index (χ4v) is 1.44.